The number of hydrogen-bond acceptors (Lipinski definition) is 4. The lowest BCUT2D eigenvalue weighted by Gasteiger charge is -2.14. The summed E-state index contributed by atoms with van der Waals surface area (Å²) in [6, 6.07) is 0. The van der Waals surface area contributed by atoms with Crippen LogP contribution in [0.1, 0.15) is 0 Å². The zero-order valence-electron chi connectivity index (χ0n) is 7.27. The minimum absolute atomic E-state index is 0.754. The molecule has 0 saturated heterocycles. The third-order valence-electron chi connectivity index (χ3n) is 1.21. The molecule has 0 radical (unpaired) electrons. The van der Waals surface area contributed by atoms with E-state index in [1.807, 2.05) is 19.0 Å². The fraction of sp³-hybridized carbons (Fsp3) is 0.500. The summed E-state index contributed by atoms with van der Waals surface area (Å²) in [5, 5.41) is 11.3. The Morgan fingerprint density at radius 1 is 1.67 bits per heavy atom. The number of rotatable bonds is 1. The van der Waals surface area contributed by atoms with Crippen LogP contribution in [0.5, 0.6) is 0 Å². The molecule has 0 unspecified atom stereocenters. The molecule has 0 spiro atoms. The van der Waals surface area contributed by atoms with Crippen LogP contribution in [0.4, 0.5) is 5.13 Å². The summed E-state index contributed by atoms with van der Waals surface area (Å²) in [5.74, 6) is 0.770. The average Bonchev–Trinajstić information content (AvgIpc) is 2.51. The zero-order chi connectivity index (χ0) is 8.97. The summed E-state index contributed by atoms with van der Waals surface area (Å²) < 4.78 is 0. The Kier molecular flexibility index (Phi) is 2.98. The van der Waals surface area contributed by atoms with Gasteiger partial charge in [0.2, 0.25) is 5.13 Å². The number of aromatic nitrogens is 2. The molecule has 66 valence electrons. The number of nitrogens with one attached hydrogen (secondary N) is 1. The van der Waals surface area contributed by atoms with Gasteiger partial charge < -0.3 is 10.2 Å². The van der Waals surface area contributed by atoms with Crippen molar-refractivity contribution in [1.29, 1.82) is 0 Å². The molecule has 0 aliphatic heterocycles. The van der Waals surface area contributed by atoms with E-state index < -0.39 is 0 Å². The van der Waals surface area contributed by atoms with Gasteiger partial charge in [-0.3, -0.25) is 4.99 Å². The molecule has 0 aliphatic rings. The van der Waals surface area contributed by atoms with Gasteiger partial charge in [-0.05, 0) is 0 Å². The van der Waals surface area contributed by atoms with Crippen LogP contribution in [0.3, 0.4) is 0 Å². The van der Waals surface area contributed by atoms with E-state index >= 15 is 0 Å². The Bertz CT molecular complexity index is 253. The first kappa shape index (κ1) is 8.92. The highest BCUT2D eigenvalue weighted by Crippen LogP contribution is 2.07. The summed E-state index contributed by atoms with van der Waals surface area (Å²) in [6.07, 6.45) is 0. The van der Waals surface area contributed by atoms with Crippen LogP contribution < -0.4 is 5.32 Å². The van der Waals surface area contributed by atoms with Gasteiger partial charge in [0.15, 0.2) is 5.96 Å². The first-order chi connectivity index (χ1) is 5.74. The van der Waals surface area contributed by atoms with E-state index in [4.69, 9.17) is 0 Å². The van der Waals surface area contributed by atoms with Gasteiger partial charge in [-0.2, -0.15) is 0 Å². The largest absolute Gasteiger partial charge is 0.349 e. The lowest BCUT2D eigenvalue weighted by atomic mass is 10.8. The topological polar surface area (TPSA) is 53.4 Å². The number of hydrogen-bond donors (Lipinski definition) is 1. The maximum absolute atomic E-state index is 4.03. The van der Waals surface area contributed by atoms with Crippen LogP contribution in [0.2, 0.25) is 0 Å². The molecule has 0 saturated carbocycles. The molecule has 1 aromatic heterocycles. The molecule has 0 aliphatic carbocycles. The van der Waals surface area contributed by atoms with Gasteiger partial charge in [0.05, 0.1) is 0 Å². The Morgan fingerprint density at radius 3 is 2.83 bits per heavy atom. The van der Waals surface area contributed by atoms with Crippen molar-refractivity contribution < 1.29 is 0 Å². The summed E-state index contributed by atoms with van der Waals surface area (Å²) in [6.45, 7) is 0. The molecule has 6 heteroatoms. The van der Waals surface area contributed by atoms with Gasteiger partial charge in [-0.1, -0.05) is 11.3 Å². The van der Waals surface area contributed by atoms with Gasteiger partial charge in [0, 0.05) is 21.1 Å². The Hall–Kier alpha value is -1.17. The van der Waals surface area contributed by atoms with E-state index in [2.05, 4.69) is 20.5 Å². The molecule has 1 rings (SSSR count). The first-order valence-corrected chi connectivity index (χ1v) is 4.29. The molecule has 1 N–H and O–H groups in total. The molecule has 12 heavy (non-hydrogen) atoms. The molecule has 0 bridgehead atoms. The van der Waals surface area contributed by atoms with Gasteiger partial charge in [-0.25, -0.2) is 0 Å². The van der Waals surface area contributed by atoms with Crippen molar-refractivity contribution in [3.63, 3.8) is 0 Å². The van der Waals surface area contributed by atoms with Crippen LogP contribution in [0, 0.1) is 0 Å². The maximum atomic E-state index is 4.03. The van der Waals surface area contributed by atoms with Crippen molar-refractivity contribution in [2.75, 3.05) is 26.5 Å². The summed E-state index contributed by atoms with van der Waals surface area (Å²) in [4.78, 5) is 5.91. The molecular weight excluding hydrogens is 174 g/mol. The molecule has 0 atom stereocenters. The maximum Gasteiger partial charge on any atom is 0.212 e. The third-order valence-corrected chi connectivity index (χ3v) is 1.82. The van der Waals surface area contributed by atoms with Crippen molar-refractivity contribution in [2.24, 2.45) is 4.99 Å². The monoisotopic (exact) mass is 185 g/mol. The Morgan fingerprint density at radius 2 is 2.42 bits per heavy atom. The van der Waals surface area contributed by atoms with E-state index in [9.17, 15) is 0 Å². The van der Waals surface area contributed by atoms with Crippen LogP contribution in [-0.2, 0) is 0 Å². The van der Waals surface area contributed by atoms with Crippen molar-refractivity contribution >= 4 is 22.4 Å². The minimum atomic E-state index is 0.754. The van der Waals surface area contributed by atoms with Gasteiger partial charge in [0.25, 0.3) is 0 Å². The SMILES string of the molecule is CN=C(Nc1nncs1)N(C)C. The van der Waals surface area contributed by atoms with E-state index in [1.54, 1.807) is 12.6 Å². The molecule has 0 fully saturated rings. The molecular formula is C6H11N5S. The fourth-order valence-corrected chi connectivity index (χ4v) is 1.13. The number of anilines is 1. The summed E-state index contributed by atoms with van der Waals surface area (Å²) in [5.41, 5.74) is 1.67. The van der Waals surface area contributed by atoms with Crippen molar-refractivity contribution in [3.05, 3.63) is 5.51 Å². The average molecular weight is 185 g/mol. The van der Waals surface area contributed by atoms with Gasteiger partial charge in [-0.15, -0.1) is 10.2 Å². The van der Waals surface area contributed by atoms with Crippen molar-refractivity contribution in [3.8, 4) is 0 Å². The van der Waals surface area contributed by atoms with E-state index in [0.29, 0.717) is 0 Å². The number of nitrogens with zero attached hydrogens (tertiary/aromatic N) is 4. The Balaban J connectivity index is 2.62. The smallest absolute Gasteiger partial charge is 0.212 e. The zero-order valence-corrected chi connectivity index (χ0v) is 8.09. The van der Waals surface area contributed by atoms with Crippen LogP contribution in [0.15, 0.2) is 10.5 Å². The molecule has 0 aromatic carbocycles. The number of guanidine groups is 1. The standard InChI is InChI=1S/C6H11N5S/c1-7-5(11(2)3)9-6-10-8-4-12-6/h4H,1-3H3,(H,7,9,10). The van der Waals surface area contributed by atoms with Crippen molar-refractivity contribution in [2.45, 2.75) is 0 Å². The summed E-state index contributed by atoms with van der Waals surface area (Å²) >= 11 is 1.44. The highest BCUT2D eigenvalue weighted by atomic mass is 32.1. The van der Waals surface area contributed by atoms with Crippen molar-refractivity contribution in [1.82, 2.24) is 15.1 Å². The predicted molar refractivity (Wildman–Crippen MR) is 50.6 cm³/mol. The highest BCUT2D eigenvalue weighted by Gasteiger charge is 2.02. The second-order valence-corrected chi connectivity index (χ2v) is 3.14. The molecule has 0 amide bonds. The number of aliphatic imine (C=N–C) groups is 1. The van der Waals surface area contributed by atoms with E-state index in [-0.39, 0.29) is 0 Å². The van der Waals surface area contributed by atoms with Crippen LogP contribution in [0.25, 0.3) is 0 Å². The molecule has 1 aromatic rings. The van der Waals surface area contributed by atoms with Crippen LogP contribution >= 0.6 is 11.3 Å². The first-order valence-electron chi connectivity index (χ1n) is 3.41. The van der Waals surface area contributed by atoms with E-state index in [0.717, 1.165) is 11.1 Å². The molecule has 5 nitrogen and oxygen atoms in total. The normalized spacial score (nSPS) is 11.4. The summed E-state index contributed by atoms with van der Waals surface area (Å²) in [7, 11) is 5.55. The fourth-order valence-electron chi connectivity index (χ4n) is 0.691. The second-order valence-electron chi connectivity index (χ2n) is 2.31. The molecule has 1 heterocycles. The van der Waals surface area contributed by atoms with Gasteiger partial charge in [0.1, 0.15) is 5.51 Å². The third kappa shape index (κ3) is 2.16. The lowest BCUT2D eigenvalue weighted by molar-refractivity contribution is 0.619. The lowest BCUT2D eigenvalue weighted by Crippen LogP contribution is -2.29. The second kappa shape index (κ2) is 4.01. The highest BCUT2D eigenvalue weighted by molar-refractivity contribution is 7.13. The van der Waals surface area contributed by atoms with Crippen LogP contribution in [-0.4, -0.2) is 42.2 Å². The van der Waals surface area contributed by atoms with E-state index in [1.165, 1.54) is 11.3 Å². The van der Waals surface area contributed by atoms with Gasteiger partial charge >= 0.3 is 0 Å². The quantitative estimate of drug-likeness (QED) is 0.511. The Labute approximate surface area is 75.1 Å². The predicted octanol–water partition coefficient (Wildman–Crippen LogP) is 0.497. The minimum Gasteiger partial charge on any atom is -0.349 e.